The first kappa shape index (κ1) is 31.4. The quantitative estimate of drug-likeness (QED) is 0.166. The van der Waals surface area contributed by atoms with E-state index in [0.717, 1.165) is 11.2 Å². The standard InChI is InChI=1S/C55H36O/c1-55(2)47-32-34(28-29-45(47)51-52-46-26-14-15-27-48(46)56-54(52)44-25-13-12-24-43(44)53(51)55)35-30-31-42(37-19-7-6-18-36(35)37)50-40-22-10-8-20-38(40)49(33-16-4-3-5-17-33)39-21-9-11-23-41(39)50/h3-32H,1-2H3. The van der Waals surface area contributed by atoms with Gasteiger partial charge in [0, 0.05) is 21.6 Å². The summed E-state index contributed by atoms with van der Waals surface area (Å²) in [5, 5.41) is 12.4. The van der Waals surface area contributed by atoms with Crippen molar-refractivity contribution in [2.45, 2.75) is 19.3 Å². The molecule has 1 aliphatic carbocycles. The third-order valence-electron chi connectivity index (χ3n) is 12.6. The maximum Gasteiger partial charge on any atom is 0.143 e. The molecular weight excluding hydrogens is 677 g/mol. The van der Waals surface area contributed by atoms with Gasteiger partial charge in [-0.2, -0.15) is 0 Å². The molecule has 12 rings (SSSR count). The van der Waals surface area contributed by atoms with Crippen LogP contribution >= 0.6 is 0 Å². The Hall–Kier alpha value is -6.96. The molecule has 56 heavy (non-hydrogen) atoms. The molecule has 10 aromatic carbocycles. The third kappa shape index (κ3) is 4.20. The largest absolute Gasteiger partial charge is 0.455 e. The third-order valence-corrected chi connectivity index (χ3v) is 12.6. The van der Waals surface area contributed by atoms with Gasteiger partial charge in [-0.25, -0.2) is 0 Å². The Morgan fingerprint density at radius 2 is 0.857 bits per heavy atom. The summed E-state index contributed by atoms with van der Waals surface area (Å²) in [4.78, 5) is 0. The summed E-state index contributed by atoms with van der Waals surface area (Å²) < 4.78 is 6.65. The van der Waals surface area contributed by atoms with Crippen molar-refractivity contribution in [3.63, 3.8) is 0 Å². The summed E-state index contributed by atoms with van der Waals surface area (Å²) in [7, 11) is 0. The first-order chi connectivity index (χ1) is 27.6. The lowest BCUT2D eigenvalue weighted by molar-refractivity contribution is 0.664. The van der Waals surface area contributed by atoms with Gasteiger partial charge >= 0.3 is 0 Å². The van der Waals surface area contributed by atoms with E-state index in [1.807, 2.05) is 0 Å². The van der Waals surface area contributed by atoms with E-state index in [4.69, 9.17) is 4.42 Å². The van der Waals surface area contributed by atoms with Crippen LogP contribution in [0.2, 0.25) is 0 Å². The van der Waals surface area contributed by atoms with Gasteiger partial charge in [-0.15, -0.1) is 0 Å². The van der Waals surface area contributed by atoms with E-state index in [9.17, 15) is 0 Å². The summed E-state index contributed by atoms with van der Waals surface area (Å²) >= 11 is 0. The fourth-order valence-electron chi connectivity index (χ4n) is 10.2. The molecule has 0 saturated heterocycles. The number of hydrogen-bond donors (Lipinski definition) is 0. The predicted molar refractivity (Wildman–Crippen MR) is 238 cm³/mol. The first-order valence-electron chi connectivity index (χ1n) is 19.6. The number of fused-ring (bicyclic) bond motifs is 13. The molecule has 0 atom stereocenters. The van der Waals surface area contributed by atoms with Crippen LogP contribution < -0.4 is 0 Å². The average Bonchev–Trinajstić information content (AvgIpc) is 3.75. The topological polar surface area (TPSA) is 13.1 Å². The monoisotopic (exact) mass is 712 g/mol. The SMILES string of the molecule is CC1(C)c2cc(-c3ccc(-c4c5ccccc5c(-c5ccccc5)c5ccccc45)c4ccccc34)ccc2-c2c1c1ccccc1c1oc3ccccc3c21. The van der Waals surface area contributed by atoms with E-state index >= 15 is 0 Å². The maximum absolute atomic E-state index is 6.65. The van der Waals surface area contributed by atoms with E-state index in [0.29, 0.717) is 0 Å². The minimum Gasteiger partial charge on any atom is -0.455 e. The summed E-state index contributed by atoms with van der Waals surface area (Å²) in [5.74, 6) is 0. The van der Waals surface area contributed by atoms with Gasteiger partial charge in [0.15, 0.2) is 0 Å². The number of benzene rings is 10. The smallest absolute Gasteiger partial charge is 0.143 e. The summed E-state index contributed by atoms with van der Waals surface area (Å²) in [5.41, 5.74) is 14.6. The minimum absolute atomic E-state index is 0.221. The van der Waals surface area contributed by atoms with Crippen LogP contribution in [0.4, 0.5) is 0 Å². The van der Waals surface area contributed by atoms with Crippen molar-refractivity contribution in [2.24, 2.45) is 0 Å². The molecule has 0 amide bonds. The lowest BCUT2D eigenvalue weighted by atomic mass is 9.79. The molecule has 1 aromatic heterocycles. The second kappa shape index (κ2) is 11.5. The second-order valence-corrected chi connectivity index (χ2v) is 15.9. The molecule has 1 nitrogen and oxygen atoms in total. The van der Waals surface area contributed by atoms with Crippen molar-refractivity contribution >= 4 is 65.0 Å². The predicted octanol–water partition coefficient (Wildman–Crippen LogP) is 15.5. The van der Waals surface area contributed by atoms with Gasteiger partial charge < -0.3 is 4.42 Å². The fraction of sp³-hybridized carbons (Fsp3) is 0.0545. The normalized spacial score (nSPS) is 13.3. The van der Waals surface area contributed by atoms with Crippen LogP contribution in [0.15, 0.2) is 186 Å². The van der Waals surface area contributed by atoms with E-state index in [-0.39, 0.29) is 5.41 Å². The van der Waals surface area contributed by atoms with E-state index in [1.165, 1.54) is 109 Å². The van der Waals surface area contributed by atoms with Crippen LogP contribution in [0, 0.1) is 0 Å². The molecule has 0 bridgehead atoms. The van der Waals surface area contributed by atoms with Gasteiger partial charge in [-0.1, -0.05) is 184 Å². The van der Waals surface area contributed by atoms with E-state index < -0.39 is 0 Å². The number of rotatable bonds is 3. The highest BCUT2D eigenvalue weighted by molar-refractivity contribution is 6.26. The van der Waals surface area contributed by atoms with Crippen molar-refractivity contribution < 1.29 is 4.42 Å². The molecule has 0 spiro atoms. The Labute approximate surface area is 325 Å². The van der Waals surface area contributed by atoms with Crippen molar-refractivity contribution in [2.75, 3.05) is 0 Å². The Balaban J connectivity index is 1.10. The van der Waals surface area contributed by atoms with Gasteiger partial charge in [0.2, 0.25) is 0 Å². The molecule has 0 N–H and O–H groups in total. The van der Waals surface area contributed by atoms with Crippen LogP contribution in [0.5, 0.6) is 0 Å². The van der Waals surface area contributed by atoms with E-state index in [2.05, 4.69) is 196 Å². The lowest BCUT2D eigenvalue weighted by Crippen LogP contribution is -2.15. The van der Waals surface area contributed by atoms with Gasteiger partial charge in [0.1, 0.15) is 11.2 Å². The molecular formula is C55H36O. The van der Waals surface area contributed by atoms with E-state index in [1.54, 1.807) is 0 Å². The van der Waals surface area contributed by atoms with Crippen LogP contribution in [0.3, 0.4) is 0 Å². The van der Waals surface area contributed by atoms with Crippen molar-refractivity contribution in [3.8, 4) is 44.5 Å². The van der Waals surface area contributed by atoms with Gasteiger partial charge in [-0.3, -0.25) is 0 Å². The van der Waals surface area contributed by atoms with Crippen LogP contribution in [-0.4, -0.2) is 0 Å². The summed E-state index contributed by atoms with van der Waals surface area (Å²) in [6, 6.07) is 66.9. The molecule has 1 heterocycles. The molecule has 11 aromatic rings. The Morgan fingerprint density at radius 1 is 0.357 bits per heavy atom. The van der Waals surface area contributed by atoms with Crippen LogP contribution in [0.25, 0.3) is 110 Å². The first-order valence-corrected chi connectivity index (χ1v) is 19.6. The van der Waals surface area contributed by atoms with Crippen molar-refractivity contribution in [1.82, 2.24) is 0 Å². The molecule has 0 unspecified atom stereocenters. The molecule has 1 heteroatoms. The van der Waals surface area contributed by atoms with Crippen molar-refractivity contribution in [3.05, 3.63) is 193 Å². The Bertz CT molecular complexity index is 3380. The lowest BCUT2D eigenvalue weighted by Gasteiger charge is -2.24. The maximum atomic E-state index is 6.65. The van der Waals surface area contributed by atoms with Gasteiger partial charge in [-0.05, 0) is 105 Å². The molecule has 262 valence electrons. The molecule has 0 aliphatic heterocycles. The second-order valence-electron chi connectivity index (χ2n) is 15.9. The molecule has 0 radical (unpaired) electrons. The summed E-state index contributed by atoms with van der Waals surface area (Å²) in [6.07, 6.45) is 0. The van der Waals surface area contributed by atoms with Gasteiger partial charge in [0.05, 0.1) is 0 Å². The van der Waals surface area contributed by atoms with Crippen LogP contribution in [-0.2, 0) is 5.41 Å². The fourth-order valence-corrected chi connectivity index (χ4v) is 10.2. The zero-order chi connectivity index (χ0) is 37.1. The number of hydrogen-bond acceptors (Lipinski definition) is 1. The highest BCUT2D eigenvalue weighted by atomic mass is 16.3. The Morgan fingerprint density at radius 3 is 1.54 bits per heavy atom. The molecule has 0 fully saturated rings. The Kier molecular flexibility index (Phi) is 6.46. The highest BCUT2D eigenvalue weighted by Gasteiger charge is 2.40. The summed E-state index contributed by atoms with van der Waals surface area (Å²) in [6.45, 7) is 4.80. The molecule has 1 aliphatic rings. The number of furan rings is 1. The van der Waals surface area contributed by atoms with Gasteiger partial charge in [0.25, 0.3) is 0 Å². The highest BCUT2D eigenvalue weighted by Crippen LogP contribution is 2.57. The van der Waals surface area contributed by atoms with Crippen LogP contribution in [0.1, 0.15) is 25.0 Å². The number of para-hydroxylation sites is 1. The average molecular weight is 713 g/mol. The minimum atomic E-state index is -0.221. The zero-order valence-electron chi connectivity index (χ0n) is 31.2. The zero-order valence-corrected chi connectivity index (χ0v) is 31.2. The van der Waals surface area contributed by atoms with Crippen molar-refractivity contribution in [1.29, 1.82) is 0 Å². The molecule has 0 saturated carbocycles.